The zero-order valence-corrected chi connectivity index (χ0v) is 19.0. The van der Waals surface area contributed by atoms with E-state index in [2.05, 4.69) is 51.4 Å². The summed E-state index contributed by atoms with van der Waals surface area (Å²) in [4.78, 5) is 9.31. The Balaban J connectivity index is 1.55. The second kappa shape index (κ2) is 11.9. The molecule has 0 aliphatic heterocycles. The molecule has 1 aromatic carbocycles. The standard InChI is InChI=1S/C23H35N5OS/c1-3-24-23(27-20-11-8-12-21(17-20)30(29)4-2)26-14-13-22-25-15-16-28(22)18-19-9-6-5-7-10-19/h5-7,9-10,15-16,20-21H,3-4,8,11-14,17-18H2,1-2H3,(H2,24,26,27). The van der Waals surface area contributed by atoms with Gasteiger partial charge in [-0.15, -0.1) is 0 Å². The molecule has 164 valence electrons. The van der Waals surface area contributed by atoms with Crippen LogP contribution in [-0.4, -0.2) is 49.9 Å². The van der Waals surface area contributed by atoms with E-state index in [0.29, 0.717) is 17.8 Å². The molecular weight excluding hydrogens is 394 g/mol. The summed E-state index contributed by atoms with van der Waals surface area (Å²) in [7, 11) is -0.709. The average molecular weight is 430 g/mol. The average Bonchev–Trinajstić information content (AvgIpc) is 3.21. The number of guanidine groups is 1. The molecule has 0 saturated heterocycles. The van der Waals surface area contributed by atoms with Crippen LogP contribution in [0.5, 0.6) is 0 Å². The number of nitrogens with zero attached hydrogens (tertiary/aromatic N) is 3. The molecule has 1 aromatic heterocycles. The second-order valence-electron chi connectivity index (χ2n) is 7.77. The minimum absolute atomic E-state index is 0.314. The van der Waals surface area contributed by atoms with Crippen molar-refractivity contribution in [1.29, 1.82) is 0 Å². The van der Waals surface area contributed by atoms with Crippen LogP contribution in [0.25, 0.3) is 0 Å². The molecule has 3 rings (SSSR count). The maximum atomic E-state index is 12.2. The van der Waals surface area contributed by atoms with E-state index in [1.54, 1.807) is 0 Å². The van der Waals surface area contributed by atoms with Gasteiger partial charge in [0.15, 0.2) is 5.96 Å². The molecule has 3 atom stereocenters. The Kier molecular flexibility index (Phi) is 8.93. The number of aromatic nitrogens is 2. The molecule has 0 bridgehead atoms. The fourth-order valence-electron chi connectivity index (χ4n) is 4.02. The van der Waals surface area contributed by atoms with Gasteiger partial charge in [0.1, 0.15) is 5.82 Å². The van der Waals surface area contributed by atoms with Gasteiger partial charge in [-0.05, 0) is 31.7 Å². The van der Waals surface area contributed by atoms with Gasteiger partial charge < -0.3 is 15.2 Å². The van der Waals surface area contributed by atoms with Gasteiger partial charge in [0.2, 0.25) is 0 Å². The number of aliphatic imine (C=N–C) groups is 1. The van der Waals surface area contributed by atoms with Gasteiger partial charge in [0, 0.05) is 66.3 Å². The van der Waals surface area contributed by atoms with Crippen LogP contribution in [0.1, 0.15) is 50.9 Å². The molecule has 7 heteroatoms. The topological polar surface area (TPSA) is 71.3 Å². The summed E-state index contributed by atoms with van der Waals surface area (Å²) in [5.74, 6) is 2.65. The Morgan fingerprint density at radius 2 is 2.10 bits per heavy atom. The van der Waals surface area contributed by atoms with E-state index in [0.717, 1.165) is 62.7 Å². The Hall–Kier alpha value is -2.15. The Morgan fingerprint density at radius 1 is 1.27 bits per heavy atom. The minimum Gasteiger partial charge on any atom is -0.357 e. The minimum atomic E-state index is -0.709. The highest BCUT2D eigenvalue weighted by atomic mass is 32.2. The maximum absolute atomic E-state index is 12.2. The lowest BCUT2D eigenvalue weighted by molar-refractivity contribution is 0.413. The highest BCUT2D eigenvalue weighted by molar-refractivity contribution is 7.85. The van der Waals surface area contributed by atoms with Crippen molar-refractivity contribution in [1.82, 2.24) is 20.2 Å². The van der Waals surface area contributed by atoms with Gasteiger partial charge in [-0.3, -0.25) is 9.20 Å². The van der Waals surface area contributed by atoms with E-state index < -0.39 is 10.8 Å². The second-order valence-corrected chi connectivity index (χ2v) is 9.77. The van der Waals surface area contributed by atoms with Gasteiger partial charge in [-0.1, -0.05) is 43.7 Å². The van der Waals surface area contributed by atoms with E-state index in [1.807, 2.05) is 25.4 Å². The molecule has 0 radical (unpaired) electrons. The first-order chi connectivity index (χ1) is 14.7. The van der Waals surface area contributed by atoms with Crippen LogP contribution < -0.4 is 10.6 Å². The number of hydrogen-bond acceptors (Lipinski definition) is 3. The maximum Gasteiger partial charge on any atom is 0.191 e. The fourth-order valence-corrected chi connectivity index (χ4v) is 5.37. The van der Waals surface area contributed by atoms with Gasteiger partial charge in [-0.2, -0.15) is 0 Å². The molecule has 3 unspecified atom stereocenters. The summed E-state index contributed by atoms with van der Waals surface area (Å²) in [5.41, 5.74) is 1.27. The quantitative estimate of drug-likeness (QED) is 0.475. The van der Waals surface area contributed by atoms with E-state index in [-0.39, 0.29) is 0 Å². The molecule has 1 fully saturated rings. The molecule has 0 spiro atoms. The summed E-state index contributed by atoms with van der Waals surface area (Å²) in [6.07, 6.45) is 8.98. The molecule has 30 heavy (non-hydrogen) atoms. The first-order valence-corrected chi connectivity index (χ1v) is 12.5. The Labute approximate surface area is 183 Å². The molecular formula is C23H35N5OS. The van der Waals surface area contributed by atoms with Crippen molar-refractivity contribution in [2.24, 2.45) is 4.99 Å². The number of imidazole rings is 1. The monoisotopic (exact) mass is 429 g/mol. The largest absolute Gasteiger partial charge is 0.357 e. The van der Waals surface area contributed by atoms with E-state index in [1.165, 1.54) is 5.56 Å². The van der Waals surface area contributed by atoms with Gasteiger partial charge in [0.25, 0.3) is 0 Å². The van der Waals surface area contributed by atoms with Crippen LogP contribution in [-0.2, 0) is 23.8 Å². The highest BCUT2D eigenvalue weighted by Gasteiger charge is 2.26. The van der Waals surface area contributed by atoms with Crippen molar-refractivity contribution in [3.63, 3.8) is 0 Å². The number of rotatable bonds is 9. The normalized spacial score (nSPS) is 20.7. The fraction of sp³-hybridized carbons (Fsp3) is 0.565. The van der Waals surface area contributed by atoms with Gasteiger partial charge in [0.05, 0.1) is 0 Å². The molecule has 1 heterocycles. The van der Waals surface area contributed by atoms with Crippen molar-refractivity contribution >= 4 is 16.8 Å². The molecule has 6 nitrogen and oxygen atoms in total. The predicted molar refractivity (Wildman–Crippen MR) is 125 cm³/mol. The first kappa shape index (κ1) is 22.5. The van der Waals surface area contributed by atoms with E-state index in [9.17, 15) is 4.21 Å². The summed E-state index contributed by atoms with van der Waals surface area (Å²) in [6, 6.07) is 10.8. The zero-order chi connectivity index (χ0) is 21.2. The van der Waals surface area contributed by atoms with Crippen LogP contribution in [0.2, 0.25) is 0 Å². The van der Waals surface area contributed by atoms with Crippen molar-refractivity contribution in [2.45, 2.75) is 63.8 Å². The lowest BCUT2D eigenvalue weighted by Gasteiger charge is -2.30. The predicted octanol–water partition coefficient (Wildman–Crippen LogP) is 3.11. The summed E-state index contributed by atoms with van der Waals surface area (Å²) >= 11 is 0. The van der Waals surface area contributed by atoms with Crippen molar-refractivity contribution in [3.05, 3.63) is 54.1 Å². The summed E-state index contributed by atoms with van der Waals surface area (Å²) in [6.45, 7) is 6.43. The van der Waals surface area contributed by atoms with Crippen LogP contribution in [0.15, 0.2) is 47.7 Å². The van der Waals surface area contributed by atoms with Gasteiger partial charge >= 0.3 is 0 Å². The molecule has 1 saturated carbocycles. The molecule has 1 aliphatic carbocycles. The summed E-state index contributed by atoms with van der Waals surface area (Å²) in [5, 5.41) is 7.25. The lowest BCUT2D eigenvalue weighted by atomic mass is 9.95. The smallest absolute Gasteiger partial charge is 0.191 e. The molecule has 2 N–H and O–H groups in total. The van der Waals surface area contributed by atoms with E-state index >= 15 is 0 Å². The van der Waals surface area contributed by atoms with Crippen molar-refractivity contribution in [2.75, 3.05) is 18.8 Å². The number of hydrogen-bond donors (Lipinski definition) is 2. The van der Waals surface area contributed by atoms with E-state index in [4.69, 9.17) is 4.99 Å². The third-order valence-electron chi connectivity index (χ3n) is 5.57. The zero-order valence-electron chi connectivity index (χ0n) is 18.2. The lowest BCUT2D eigenvalue weighted by Crippen LogP contribution is -2.46. The SMILES string of the molecule is CCNC(=NCCc1nccn1Cc1ccccc1)NC1CCCC(S(=O)CC)C1. The highest BCUT2D eigenvalue weighted by Crippen LogP contribution is 2.23. The number of benzene rings is 1. The van der Waals surface area contributed by atoms with Crippen LogP contribution in [0, 0.1) is 0 Å². The molecule has 2 aromatic rings. The Bertz CT molecular complexity index is 820. The van der Waals surface area contributed by atoms with Crippen LogP contribution in [0.3, 0.4) is 0 Å². The van der Waals surface area contributed by atoms with Crippen LogP contribution >= 0.6 is 0 Å². The van der Waals surface area contributed by atoms with Crippen molar-refractivity contribution in [3.8, 4) is 0 Å². The third-order valence-corrected chi connectivity index (χ3v) is 7.31. The Morgan fingerprint density at radius 3 is 2.87 bits per heavy atom. The molecule has 1 aliphatic rings. The van der Waals surface area contributed by atoms with Crippen LogP contribution in [0.4, 0.5) is 0 Å². The third kappa shape index (κ3) is 6.69. The molecule has 0 amide bonds. The first-order valence-electron chi connectivity index (χ1n) is 11.2. The number of nitrogens with one attached hydrogen (secondary N) is 2. The van der Waals surface area contributed by atoms with Crippen molar-refractivity contribution < 1.29 is 4.21 Å². The summed E-state index contributed by atoms with van der Waals surface area (Å²) < 4.78 is 14.4. The van der Waals surface area contributed by atoms with Gasteiger partial charge in [-0.25, -0.2) is 4.98 Å².